The second kappa shape index (κ2) is 8.42. The second-order valence-corrected chi connectivity index (χ2v) is 7.00. The first-order valence-corrected chi connectivity index (χ1v) is 9.62. The Hall–Kier alpha value is -2.56. The number of dihydropyridines is 1. The molecule has 0 radical (unpaired) electrons. The highest BCUT2D eigenvalue weighted by Crippen LogP contribution is 2.45. The Morgan fingerprint density at radius 3 is 2.78 bits per heavy atom. The SMILES string of the molecule is CCCCOc1ccccc1[C@H]1C(C(=O)OC)=C(C)NC2=C1C(=O)CCC2. The minimum atomic E-state index is -0.459. The molecule has 1 atom stereocenters. The number of unbranched alkanes of at least 4 members (excludes halogenated alkanes) is 1. The van der Waals surface area contributed by atoms with Gasteiger partial charge >= 0.3 is 5.97 Å². The number of hydrogen-bond acceptors (Lipinski definition) is 5. The van der Waals surface area contributed by atoms with Gasteiger partial charge < -0.3 is 14.8 Å². The largest absolute Gasteiger partial charge is 0.493 e. The van der Waals surface area contributed by atoms with Gasteiger partial charge in [-0.05, 0) is 32.3 Å². The number of allylic oxidation sites excluding steroid dienone is 3. The Kier molecular flexibility index (Phi) is 5.99. The second-order valence-electron chi connectivity index (χ2n) is 7.00. The third kappa shape index (κ3) is 3.77. The van der Waals surface area contributed by atoms with Crippen LogP contribution in [0.4, 0.5) is 0 Å². The van der Waals surface area contributed by atoms with E-state index in [1.807, 2.05) is 31.2 Å². The highest BCUT2D eigenvalue weighted by Gasteiger charge is 2.40. The van der Waals surface area contributed by atoms with Gasteiger partial charge in [0.05, 0.1) is 25.2 Å². The number of esters is 1. The van der Waals surface area contributed by atoms with Gasteiger partial charge in [0, 0.05) is 29.0 Å². The van der Waals surface area contributed by atoms with Crippen molar-refractivity contribution in [3.05, 3.63) is 52.4 Å². The van der Waals surface area contributed by atoms with Gasteiger partial charge in [-0.25, -0.2) is 4.79 Å². The van der Waals surface area contributed by atoms with Crippen LogP contribution in [0.2, 0.25) is 0 Å². The number of carbonyl (C=O) groups is 2. The fourth-order valence-electron chi connectivity index (χ4n) is 3.85. The van der Waals surface area contributed by atoms with E-state index in [1.165, 1.54) is 7.11 Å². The van der Waals surface area contributed by atoms with Gasteiger partial charge in [-0.3, -0.25) is 4.79 Å². The number of Topliss-reactive ketones (excluding diaryl/α,β-unsaturated/α-hetero) is 1. The fourth-order valence-corrected chi connectivity index (χ4v) is 3.85. The minimum absolute atomic E-state index is 0.0889. The minimum Gasteiger partial charge on any atom is -0.493 e. The van der Waals surface area contributed by atoms with E-state index < -0.39 is 11.9 Å². The Morgan fingerprint density at radius 1 is 1.26 bits per heavy atom. The van der Waals surface area contributed by atoms with Gasteiger partial charge in [0.1, 0.15) is 5.75 Å². The molecule has 0 amide bonds. The molecule has 1 aromatic carbocycles. The Morgan fingerprint density at radius 2 is 2.04 bits per heavy atom. The lowest BCUT2D eigenvalue weighted by molar-refractivity contribution is -0.136. The molecule has 0 bridgehead atoms. The van der Waals surface area contributed by atoms with Gasteiger partial charge in [0.15, 0.2) is 5.78 Å². The Bertz CT molecular complexity index is 806. The van der Waals surface area contributed by atoms with Crippen molar-refractivity contribution in [2.24, 2.45) is 0 Å². The maximum atomic E-state index is 12.8. The first-order chi connectivity index (χ1) is 13.1. The summed E-state index contributed by atoms with van der Waals surface area (Å²) < 4.78 is 11.1. The van der Waals surface area contributed by atoms with E-state index in [0.29, 0.717) is 24.2 Å². The van der Waals surface area contributed by atoms with Gasteiger partial charge in [-0.1, -0.05) is 31.5 Å². The summed E-state index contributed by atoms with van der Waals surface area (Å²) in [5.74, 6) is -0.0686. The number of para-hydroxylation sites is 1. The van der Waals surface area contributed by atoms with Crippen LogP contribution in [0.25, 0.3) is 0 Å². The molecule has 5 nitrogen and oxygen atoms in total. The molecular weight excluding hydrogens is 342 g/mol. The molecule has 0 aromatic heterocycles. The molecular formula is C22H27NO4. The van der Waals surface area contributed by atoms with Crippen LogP contribution in [0, 0.1) is 0 Å². The fraction of sp³-hybridized carbons (Fsp3) is 0.455. The highest BCUT2D eigenvalue weighted by molar-refractivity contribution is 6.03. The summed E-state index contributed by atoms with van der Waals surface area (Å²) in [6, 6.07) is 7.69. The van der Waals surface area contributed by atoms with Crippen LogP contribution in [0.3, 0.4) is 0 Å². The zero-order chi connectivity index (χ0) is 19.4. The molecule has 1 N–H and O–H groups in total. The first-order valence-electron chi connectivity index (χ1n) is 9.62. The molecule has 0 unspecified atom stereocenters. The summed E-state index contributed by atoms with van der Waals surface area (Å²) in [4.78, 5) is 25.5. The molecule has 2 aliphatic rings. The number of methoxy groups -OCH3 is 1. The molecule has 0 fully saturated rings. The van der Waals surface area contributed by atoms with Crippen molar-refractivity contribution in [3.63, 3.8) is 0 Å². The highest BCUT2D eigenvalue weighted by atomic mass is 16.5. The van der Waals surface area contributed by atoms with Crippen LogP contribution in [0.15, 0.2) is 46.8 Å². The van der Waals surface area contributed by atoms with Crippen molar-refractivity contribution in [1.82, 2.24) is 5.32 Å². The molecule has 144 valence electrons. The molecule has 1 aliphatic carbocycles. The summed E-state index contributed by atoms with van der Waals surface area (Å²) in [5, 5.41) is 3.28. The average Bonchev–Trinajstić information content (AvgIpc) is 2.67. The van der Waals surface area contributed by atoms with E-state index in [9.17, 15) is 9.59 Å². The van der Waals surface area contributed by atoms with Crippen molar-refractivity contribution in [3.8, 4) is 5.75 Å². The molecule has 0 saturated carbocycles. The summed E-state index contributed by atoms with van der Waals surface area (Å²) >= 11 is 0. The quantitative estimate of drug-likeness (QED) is 0.606. The van der Waals surface area contributed by atoms with E-state index in [2.05, 4.69) is 12.2 Å². The molecule has 1 heterocycles. The molecule has 27 heavy (non-hydrogen) atoms. The lowest BCUT2D eigenvalue weighted by Crippen LogP contribution is -2.34. The van der Waals surface area contributed by atoms with Crippen LogP contribution < -0.4 is 10.1 Å². The third-order valence-corrected chi connectivity index (χ3v) is 5.17. The van der Waals surface area contributed by atoms with Crippen molar-refractivity contribution >= 4 is 11.8 Å². The summed E-state index contributed by atoms with van der Waals surface area (Å²) in [7, 11) is 1.37. The monoisotopic (exact) mass is 369 g/mol. The maximum absolute atomic E-state index is 12.8. The Labute approximate surface area is 160 Å². The molecule has 1 aromatic rings. The number of nitrogens with one attached hydrogen (secondary N) is 1. The summed E-state index contributed by atoms with van der Waals surface area (Å²) in [5.41, 5.74) is 3.67. The number of ketones is 1. The summed E-state index contributed by atoms with van der Waals surface area (Å²) in [6.07, 6.45) is 4.13. The molecule has 0 saturated heterocycles. The van der Waals surface area contributed by atoms with Crippen LogP contribution in [-0.2, 0) is 14.3 Å². The van der Waals surface area contributed by atoms with E-state index in [1.54, 1.807) is 0 Å². The molecule has 1 aliphatic heterocycles. The zero-order valence-corrected chi connectivity index (χ0v) is 16.3. The zero-order valence-electron chi connectivity index (χ0n) is 16.3. The van der Waals surface area contributed by atoms with Crippen LogP contribution in [0.5, 0.6) is 5.75 Å². The van der Waals surface area contributed by atoms with E-state index in [0.717, 1.165) is 48.4 Å². The lowest BCUT2D eigenvalue weighted by Gasteiger charge is -2.34. The number of rotatable bonds is 6. The van der Waals surface area contributed by atoms with Gasteiger partial charge in [-0.15, -0.1) is 0 Å². The van der Waals surface area contributed by atoms with Crippen LogP contribution >= 0.6 is 0 Å². The smallest absolute Gasteiger partial charge is 0.336 e. The van der Waals surface area contributed by atoms with E-state index in [-0.39, 0.29) is 5.78 Å². The van der Waals surface area contributed by atoms with Crippen LogP contribution in [0.1, 0.15) is 57.4 Å². The van der Waals surface area contributed by atoms with E-state index >= 15 is 0 Å². The van der Waals surface area contributed by atoms with Crippen molar-refractivity contribution in [2.45, 2.75) is 51.9 Å². The number of hydrogen-bond donors (Lipinski definition) is 1. The standard InChI is InChI=1S/C22H27NO4/c1-4-5-13-27-18-12-7-6-9-15(18)20-19(22(25)26-3)14(2)23-16-10-8-11-17(24)21(16)20/h6-7,9,12,20,23H,4-5,8,10-11,13H2,1-3H3/t20-/m0/s1. The number of ether oxygens (including phenoxy) is 2. The van der Waals surface area contributed by atoms with Crippen molar-refractivity contribution in [1.29, 1.82) is 0 Å². The predicted octanol–water partition coefficient (Wildman–Crippen LogP) is 4.01. The maximum Gasteiger partial charge on any atom is 0.336 e. The molecule has 3 rings (SSSR count). The number of carbonyl (C=O) groups excluding carboxylic acids is 2. The van der Waals surface area contributed by atoms with Gasteiger partial charge in [0.25, 0.3) is 0 Å². The molecule has 5 heteroatoms. The third-order valence-electron chi connectivity index (χ3n) is 5.17. The Balaban J connectivity index is 2.13. The van der Waals surface area contributed by atoms with E-state index in [4.69, 9.17) is 9.47 Å². The van der Waals surface area contributed by atoms with Crippen molar-refractivity contribution < 1.29 is 19.1 Å². The lowest BCUT2D eigenvalue weighted by atomic mass is 9.75. The predicted molar refractivity (Wildman–Crippen MR) is 103 cm³/mol. The van der Waals surface area contributed by atoms with Crippen LogP contribution in [-0.4, -0.2) is 25.5 Å². The van der Waals surface area contributed by atoms with Gasteiger partial charge in [0.2, 0.25) is 0 Å². The summed E-state index contributed by atoms with van der Waals surface area (Å²) in [6.45, 7) is 4.58. The number of benzene rings is 1. The first kappa shape index (κ1) is 19.2. The normalized spacial score (nSPS) is 19.5. The molecule has 0 spiro atoms. The van der Waals surface area contributed by atoms with Gasteiger partial charge in [-0.2, -0.15) is 0 Å². The van der Waals surface area contributed by atoms with Crippen molar-refractivity contribution in [2.75, 3.05) is 13.7 Å². The topological polar surface area (TPSA) is 64.6 Å². The average molecular weight is 369 g/mol.